The Morgan fingerprint density at radius 1 is 1.05 bits per heavy atom. The molecule has 1 aromatic rings. The molecule has 1 aliphatic rings. The highest BCUT2D eigenvalue weighted by molar-refractivity contribution is 6.39. The summed E-state index contributed by atoms with van der Waals surface area (Å²) in [7, 11) is 1.57. The van der Waals surface area contributed by atoms with Crippen LogP contribution in [-0.4, -0.2) is 25.0 Å². The molecule has 0 radical (unpaired) electrons. The van der Waals surface area contributed by atoms with E-state index in [1.54, 1.807) is 31.4 Å². The van der Waals surface area contributed by atoms with Gasteiger partial charge in [0.15, 0.2) is 0 Å². The summed E-state index contributed by atoms with van der Waals surface area (Å²) in [6.07, 6.45) is 5.36. The van der Waals surface area contributed by atoms with Crippen molar-refractivity contribution < 1.29 is 14.3 Å². The summed E-state index contributed by atoms with van der Waals surface area (Å²) >= 11 is 0. The molecule has 2 rings (SSSR count). The van der Waals surface area contributed by atoms with Crippen LogP contribution in [0.1, 0.15) is 32.1 Å². The maximum Gasteiger partial charge on any atom is 0.313 e. The van der Waals surface area contributed by atoms with Gasteiger partial charge in [-0.05, 0) is 37.1 Å². The zero-order valence-corrected chi connectivity index (χ0v) is 11.6. The quantitative estimate of drug-likeness (QED) is 0.831. The van der Waals surface area contributed by atoms with Crippen molar-refractivity contribution in [2.45, 2.75) is 38.1 Å². The number of methoxy groups -OCH3 is 1. The molecule has 0 unspecified atom stereocenters. The molecule has 0 bridgehead atoms. The van der Waals surface area contributed by atoms with Crippen molar-refractivity contribution in [3.63, 3.8) is 0 Å². The van der Waals surface area contributed by atoms with Gasteiger partial charge in [-0.25, -0.2) is 0 Å². The van der Waals surface area contributed by atoms with E-state index in [2.05, 4.69) is 10.6 Å². The van der Waals surface area contributed by atoms with E-state index < -0.39 is 11.8 Å². The number of benzene rings is 1. The fourth-order valence-electron chi connectivity index (χ4n) is 2.36. The van der Waals surface area contributed by atoms with Crippen LogP contribution in [0.25, 0.3) is 0 Å². The largest absolute Gasteiger partial charge is 0.497 e. The number of carbonyl (C=O) groups excluding carboxylic acids is 2. The Labute approximate surface area is 118 Å². The van der Waals surface area contributed by atoms with Gasteiger partial charge in [-0.1, -0.05) is 19.3 Å². The first-order valence-electron chi connectivity index (χ1n) is 6.95. The summed E-state index contributed by atoms with van der Waals surface area (Å²) in [6, 6.07) is 7.00. The van der Waals surface area contributed by atoms with Gasteiger partial charge in [0.05, 0.1) is 7.11 Å². The first-order chi connectivity index (χ1) is 9.69. The molecule has 0 aliphatic heterocycles. The maximum atomic E-state index is 11.8. The number of hydrogen-bond donors (Lipinski definition) is 2. The molecular formula is C15H20N2O3. The summed E-state index contributed by atoms with van der Waals surface area (Å²) in [5, 5.41) is 5.36. The highest BCUT2D eigenvalue weighted by Gasteiger charge is 2.20. The zero-order chi connectivity index (χ0) is 14.4. The lowest BCUT2D eigenvalue weighted by molar-refractivity contribution is -0.136. The van der Waals surface area contributed by atoms with E-state index in [1.165, 1.54) is 6.42 Å². The Morgan fingerprint density at radius 3 is 2.30 bits per heavy atom. The molecule has 0 saturated heterocycles. The lowest BCUT2D eigenvalue weighted by Gasteiger charge is -2.22. The first-order valence-corrected chi connectivity index (χ1v) is 6.95. The standard InChI is InChI=1S/C15H20N2O3/c1-20-13-9-7-12(8-10-13)17-15(19)14(18)16-11-5-3-2-4-6-11/h7-11H,2-6H2,1H3,(H,16,18)(H,17,19). The fraction of sp³-hybridized carbons (Fsp3) is 0.467. The first kappa shape index (κ1) is 14.4. The van der Waals surface area contributed by atoms with Gasteiger partial charge in [0.25, 0.3) is 0 Å². The predicted octanol–water partition coefficient (Wildman–Crippen LogP) is 2.08. The minimum atomic E-state index is -0.624. The van der Waals surface area contributed by atoms with E-state index in [9.17, 15) is 9.59 Å². The number of hydrogen-bond acceptors (Lipinski definition) is 3. The Morgan fingerprint density at radius 2 is 1.70 bits per heavy atom. The van der Waals surface area contributed by atoms with Gasteiger partial charge in [0.1, 0.15) is 5.75 Å². The van der Waals surface area contributed by atoms with Crippen LogP contribution in [0, 0.1) is 0 Å². The molecule has 108 valence electrons. The van der Waals surface area contributed by atoms with Gasteiger partial charge in [0, 0.05) is 11.7 Å². The average Bonchev–Trinajstić information content (AvgIpc) is 2.49. The minimum absolute atomic E-state index is 0.137. The van der Waals surface area contributed by atoms with E-state index in [-0.39, 0.29) is 6.04 Å². The smallest absolute Gasteiger partial charge is 0.313 e. The maximum absolute atomic E-state index is 11.8. The molecule has 1 aromatic carbocycles. The van der Waals surface area contributed by atoms with Crippen LogP contribution in [0.15, 0.2) is 24.3 Å². The second-order valence-electron chi connectivity index (χ2n) is 4.99. The van der Waals surface area contributed by atoms with Crippen molar-refractivity contribution in [3.8, 4) is 5.75 Å². The summed E-state index contributed by atoms with van der Waals surface area (Å²) in [5.74, 6) is -0.483. The zero-order valence-electron chi connectivity index (χ0n) is 11.6. The molecule has 0 aromatic heterocycles. The highest BCUT2D eigenvalue weighted by Crippen LogP contribution is 2.17. The Kier molecular flexibility index (Phi) is 4.98. The van der Waals surface area contributed by atoms with Crippen molar-refractivity contribution in [3.05, 3.63) is 24.3 Å². The van der Waals surface area contributed by atoms with Crippen molar-refractivity contribution in [2.75, 3.05) is 12.4 Å². The van der Waals surface area contributed by atoms with E-state index in [0.717, 1.165) is 25.7 Å². The van der Waals surface area contributed by atoms with Crippen molar-refractivity contribution in [2.24, 2.45) is 0 Å². The summed E-state index contributed by atoms with van der Waals surface area (Å²) in [4.78, 5) is 23.6. The molecule has 2 N–H and O–H groups in total. The van der Waals surface area contributed by atoms with Crippen molar-refractivity contribution in [1.29, 1.82) is 0 Å². The number of amides is 2. The minimum Gasteiger partial charge on any atom is -0.497 e. The molecule has 1 fully saturated rings. The van der Waals surface area contributed by atoms with Crippen LogP contribution in [0.2, 0.25) is 0 Å². The number of anilines is 1. The van der Waals surface area contributed by atoms with Gasteiger partial charge in [-0.2, -0.15) is 0 Å². The van der Waals surface area contributed by atoms with Gasteiger partial charge < -0.3 is 15.4 Å². The average molecular weight is 276 g/mol. The second-order valence-corrected chi connectivity index (χ2v) is 4.99. The molecular weight excluding hydrogens is 256 g/mol. The van der Waals surface area contributed by atoms with Crippen molar-refractivity contribution >= 4 is 17.5 Å². The predicted molar refractivity (Wildman–Crippen MR) is 76.6 cm³/mol. The van der Waals surface area contributed by atoms with Crippen molar-refractivity contribution in [1.82, 2.24) is 5.32 Å². The van der Waals surface area contributed by atoms with Crippen LogP contribution in [-0.2, 0) is 9.59 Å². The SMILES string of the molecule is COc1ccc(NC(=O)C(=O)NC2CCCCC2)cc1. The molecule has 5 nitrogen and oxygen atoms in total. The molecule has 0 atom stereocenters. The van der Waals surface area contributed by atoms with E-state index >= 15 is 0 Å². The number of ether oxygens (including phenoxy) is 1. The lowest BCUT2D eigenvalue weighted by atomic mass is 9.95. The molecule has 1 saturated carbocycles. The summed E-state index contributed by atoms with van der Waals surface area (Å²) in [5.41, 5.74) is 0.578. The molecule has 2 amide bonds. The van der Waals surface area contributed by atoms with E-state index in [0.29, 0.717) is 11.4 Å². The van der Waals surface area contributed by atoms with Crippen LogP contribution < -0.4 is 15.4 Å². The fourth-order valence-corrected chi connectivity index (χ4v) is 2.36. The Hall–Kier alpha value is -2.04. The highest BCUT2D eigenvalue weighted by atomic mass is 16.5. The summed E-state index contributed by atoms with van der Waals surface area (Å²) in [6.45, 7) is 0. The van der Waals surface area contributed by atoms with Crippen LogP contribution in [0.3, 0.4) is 0 Å². The third-order valence-electron chi connectivity index (χ3n) is 3.49. The molecule has 0 heterocycles. The van der Waals surface area contributed by atoms with Gasteiger partial charge >= 0.3 is 11.8 Å². The van der Waals surface area contributed by atoms with Crippen LogP contribution in [0.4, 0.5) is 5.69 Å². The summed E-state index contributed by atoms with van der Waals surface area (Å²) < 4.78 is 5.03. The van der Waals surface area contributed by atoms with Gasteiger partial charge in [0.2, 0.25) is 0 Å². The second kappa shape index (κ2) is 6.93. The van der Waals surface area contributed by atoms with Gasteiger partial charge in [-0.3, -0.25) is 9.59 Å². The Bertz CT molecular complexity index is 465. The normalized spacial score (nSPS) is 15.4. The van der Waals surface area contributed by atoms with E-state index in [1.807, 2.05) is 0 Å². The number of rotatable bonds is 3. The molecule has 0 spiro atoms. The lowest BCUT2D eigenvalue weighted by Crippen LogP contribution is -2.42. The third kappa shape index (κ3) is 3.98. The topological polar surface area (TPSA) is 67.4 Å². The number of carbonyl (C=O) groups is 2. The molecule has 20 heavy (non-hydrogen) atoms. The van der Waals surface area contributed by atoms with E-state index in [4.69, 9.17) is 4.74 Å². The number of nitrogens with one attached hydrogen (secondary N) is 2. The van der Waals surface area contributed by atoms with Gasteiger partial charge in [-0.15, -0.1) is 0 Å². The Balaban J connectivity index is 1.84. The van der Waals surface area contributed by atoms with Crippen LogP contribution in [0.5, 0.6) is 5.75 Å². The van der Waals surface area contributed by atoms with Crippen LogP contribution >= 0.6 is 0 Å². The molecule has 1 aliphatic carbocycles. The third-order valence-corrected chi connectivity index (χ3v) is 3.49. The molecule has 5 heteroatoms. The monoisotopic (exact) mass is 276 g/mol.